The zero-order chi connectivity index (χ0) is 23.7. The van der Waals surface area contributed by atoms with Crippen molar-refractivity contribution in [3.05, 3.63) is 10.2 Å². The molecule has 0 radical (unpaired) electrons. The molecule has 0 aromatic carbocycles. The number of carbonyl (C=O) groups is 1. The van der Waals surface area contributed by atoms with Gasteiger partial charge in [-0.2, -0.15) is 0 Å². The van der Waals surface area contributed by atoms with E-state index in [0.29, 0.717) is 11.7 Å². The van der Waals surface area contributed by atoms with Gasteiger partial charge in [-0.25, -0.2) is 0 Å². The van der Waals surface area contributed by atoms with Gasteiger partial charge < -0.3 is 0 Å². The van der Waals surface area contributed by atoms with Gasteiger partial charge in [0, 0.05) is 0 Å². The molecule has 0 aromatic heterocycles. The van der Waals surface area contributed by atoms with Crippen molar-refractivity contribution in [1.29, 1.82) is 0 Å². The van der Waals surface area contributed by atoms with E-state index in [1.807, 2.05) is 0 Å². The SMILES string of the molecule is CCC[CH2][Sn](/[CH]=C\[C@@H]1CCC[C@H](CC(=O)CCCC[C@@H](C)CC)C1)([CH2]CCC)[CH2]CCC. The summed E-state index contributed by atoms with van der Waals surface area (Å²) in [6, 6.07) is 0. The van der Waals surface area contributed by atoms with E-state index in [2.05, 4.69) is 44.8 Å². The molecule has 0 aliphatic heterocycles. The summed E-state index contributed by atoms with van der Waals surface area (Å²) in [5, 5.41) is 0. The molecule has 1 aliphatic carbocycles. The Hall–Kier alpha value is 0.209. The number of rotatable bonds is 19. The van der Waals surface area contributed by atoms with Crippen LogP contribution in [-0.2, 0) is 4.79 Å². The fourth-order valence-electron chi connectivity index (χ4n) is 5.69. The Morgan fingerprint density at radius 3 is 2.09 bits per heavy atom. The van der Waals surface area contributed by atoms with Crippen LogP contribution in [0.15, 0.2) is 10.2 Å². The summed E-state index contributed by atoms with van der Waals surface area (Å²) in [6.45, 7) is 11.7. The number of hydrogen-bond acceptors (Lipinski definition) is 1. The van der Waals surface area contributed by atoms with Crippen molar-refractivity contribution in [2.75, 3.05) is 0 Å². The number of Topliss-reactive ketones (excluding diaryl/α,β-unsaturated/α-hetero) is 1. The second kappa shape index (κ2) is 18.5. The Morgan fingerprint density at radius 1 is 0.906 bits per heavy atom. The summed E-state index contributed by atoms with van der Waals surface area (Å²) in [4.78, 5) is 12.6. The molecule has 0 spiro atoms. The molecule has 1 nitrogen and oxygen atoms in total. The van der Waals surface area contributed by atoms with Crippen LogP contribution in [0.2, 0.25) is 13.3 Å². The zero-order valence-corrected chi connectivity index (χ0v) is 25.6. The van der Waals surface area contributed by atoms with Gasteiger partial charge in [-0.05, 0) is 0 Å². The molecular weight excluding hydrogens is 495 g/mol. The summed E-state index contributed by atoms with van der Waals surface area (Å²) in [5.74, 6) is 2.78. The maximum atomic E-state index is 12.6. The van der Waals surface area contributed by atoms with Gasteiger partial charge >= 0.3 is 187 Å². The third-order valence-corrected chi connectivity index (χ3v) is 22.4. The first kappa shape index (κ1) is 30.2. The summed E-state index contributed by atoms with van der Waals surface area (Å²) < 4.78 is 7.62. The Labute approximate surface area is 206 Å². The van der Waals surface area contributed by atoms with E-state index in [1.165, 1.54) is 83.5 Å². The normalized spacial score (nSPS) is 20.7. The molecule has 0 aromatic rings. The first-order valence-electron chi connectivity index (χ1n) is 14.7. The van der Waals surface area contributed by atoms with E-state index in [9.17, 15) is 4.79 Å². The maximum absolute atomic E-state index is 12.6. The van der Waals surface area contributed by atoms with Crippen LogP contribution in [0.5, 0.6) is 0 Å². The first-order valence-corrected chi connectivity index (χ1v) is 22.4. The second-order valence-electron chi connectivity index (χ2n) is 11.3. The summed E-state index contributed by atoms with van der Waals surface area (Å²) in [5.41, 5.74) is 0. The van der Waals surface area contributed by atoms with Gasteiger partial charge in [0.05, 0.1) is 0 Å². The van der Waals surface area contributed by atoms with E-state index in [1.54, 1.807) is 13.3 Å². The Morgan fingerprint density at radius 2 is 1.53 bits per heavy atom. The quantitative estimate of drug-likeness (QED) is 0.115. The average molecular weight is 554 g/mol. The third kappa shape index (κ3) is 13.2. The van der Waals surface area contributed by atoms with Gasteiger partial charge in [0.2, 0.25) is 0 Å². The van der Waals surface area contributed by atoms with Gasteiger partial charge in [0.1, 0.15) is 0 Å². The summed E-state index contributed by atoms with van der Waals surface area (Å²) >= 11 is -2.15. The van der Waals surface area contributed by atoms with Crippen LogP contribution in [0.3, 0.4) is 0 Å². The van der Waals surface area contributed by atoms with E-state index in [-0.39, 0.29) is 0 Å². The molecule has 0 N–H and O–H groups in total. The van der Waals surface area contributed by atoms with Crippen LogP contribution < -0.4 is 0 Å². The van der Waals surface area contributed by atoms with Crippen molar-refractivity contribution in [2.45, 2.75) is 151 Å². The van der Waals surface area contributed by atoms with Crippen molar-refractivity contribution in [3.63, 3.8) is 0 Å². The van der Waals surface area contributed by atoms with Gasteiger partial charge in [-0.1, -0.05) is 20.3 Å². The van der Waals surface area contributed by atoms with Gasteiger partial charge in [0.15, 0.2) is 0 Å². The van der Waals surface area contributed by atoms with Crippen molar-refractivity contribution in [3.8, 4) is 0 Å². The van der Waals surface area contributed by atoms with Crippen LogP contribution in [0, 0.1) is 17.8 Å². The molecule has 0 unspecified atom stereocenters. The summed E-state index contributed by atoms with van der Waals surface area (Å²) in [6.07, 6.45) is 23.0. The van der Waals surface area contributed by atoms with E-state index >= 15 is 0 Å². The fourth-order valence-corrected chi connectivity index (χ4v) is 20.3. The van der Waals surface area contributed by atoms with E-state index in [0.717, 1.165) is 31.1 Å². The average Bonchev–Trinajstić information content (AvgIpc) is 2.81. The van der Waals surface area contributed by atoms with E-state index in [4.69, 9.17) is 0 Å². The molecule has 1 aliphatic rings. The molecule has 1 fully saturated rings. The van der Waals surface area contributed by atoms with Gasteiger partial charge in [-0.3, -0.25) is 0 Å². The standard InChI is InChI=1S/C18H31O.3C4H9.Sn/c1-4-15(3)9-6-7-12-18(19)14-17-11-8-10-16(5-2)13-17;3*1-3-4-2;/h2,5,15-17H,4,6-14H2,1,3H3;3*1,3-4H2,2H3;/t15-,16+,17-;;;;/m0..../s1. The molecule has 1 saturated carbocycles. The van der Waals surface area contributed by atoms with Crippen LogP contribution in [-0.4, -0.2) is 24.2 Å². The van der Waals surface area contributed by atoms with Gasteiger partial charge in [-0.15, -0.1) is 0 Å². The molecule has 32 heavy (non-hydrogen) atoms. The Balaban J connectivity index is 2.59. The van der Waals surface area contributed by atoms with Gasteiger partial charge in [0.25, 0.3) is 0 Å². The predicted molar refractivity (Wildman–Crippen MR) is 147 cm³/mol. The third-order valence-electron chi connectivity index (χ3n) is 8.25. The van der Waals surface area contributed by atoms with Crippen LogP contribution in [0.4, 0.5) is 0 Å². The molecule has 0 saturated heterocycles. The Bertz CT molecular complexity index is 475. The molecule has 0 bridgehead atoms. The van der Waals surface area contributed by atoms with Crippen LogP contribution in [0.25, 0.3) is 0 Å². The number of unbranched alkanes of at least 4 members (excludes halogenated alkanes) is 4. The zero-order valence-electron chi connectivity index (χ0n) is 22.7. The van der Waals surface area contributed by atoms with Crippen molar-refractivity contribution >= 4 is 24.2 Å². The van der Waals surface area contributed by atoms with Crippen molar-refractivity contribution < 1.29 is 4.79 Å². The minimum atomic E-state index is -2.15. The summed E-state index contributed by atoms with van der Waals surface area (Å²) in [7, 11) is 0. The molecule has 3 atom stereocenters. The first-order chi connectivity index (χ1) is 15.5. The Kier molecular flexibility index (Phi) is 17.5. The van der Waals surface area contributed by atoms with Crippen LogP contribution in [0.1, 0.15) is 137 Å². The molecular formula is C30H58OSn. The van der Waals surface area contributed by atoms with Crippen molar-refractivity contribution in [2.24, 2.45) is 17.8 Å². The number of allylic oxidation sites excluding steroid dienone is 1. The molecule has 0 amide bonds. The topological polar surface area (TPSA) is 17.1 Å². The number of hydrogen-bond donors (Lipinski definition) is 0. The number of ketones is 1. The monoisotopic (exact) mass is 554 g/mol. The molecule has 2 heteroatoms. The number of carbonyl (C=O) groups excluding carboxylic acids is 1. The molecule has 1 rings (SSSR count). The molecule has 0 heterocycles. The van der Waals surface area contributed by atoms with Crippen LogP contribution >= 0.6 is 0 Å². The molecule has 188 valence electrons. The van der Waals surface area contributed by atoms with E-state index < -0.39 is 18.4 Å². The predicted octanol–water partition coefficient (Wildman–Crippen LogP) is 10.3. The fraction of sp³-hybridized carbons (Fsp3) is 0.900. The minimum absolute atomic E-state index is 0.547. The second-order valence-corrected chi connectivity index (χ2v) is 24.3. The van der Waals surface area contributed by atoms with Crippen molar-refractivity contribution in [1.82, 2.24) is 0 Å².